The van der Waals surface area contributed by atoms with E-state index in [0.717, 1.165) is 5.69 Å². The number of hydrogen-bond donors (Lipinski definition) is 2. The molecule has 0 aliphatic heterocycles. The van der Waals surface area contributed by atoms with Crippen molar-refractivity contribution in [3.05, 3.63) is 29.6 Å². The number of nitrogens with zero attached hydrogens (tertiary/aromatic N) is 1. The van der Waals surface area contributed by atoms with E-state index in [0.29, 0.717) is 38.2 Å². The summed E-state index contributed by atoms with van der Waals surface area (Å²) in [5.74, 6) is -0.202. The highest BCUT2D eigenvalue weighted by atomic mass is 19.1. The van der Waals surface area contributed by atoms with Crippen LogP contribution in [0.15, 0.2) is 18.2 Å². The van der Waals surface area contributed by atoms with Crippen molar-refractivity contribution >= 4 is 5.69 Å². The lowest BCUT2D eigenvalue weighted by Crippen LogP contribution is -2.34. The number of benzene rings is 1. The molecule has 2 N–H and O–H groups in total. The number of methoxy groups -OCH3 is 1. The fourth-order valence-corrected chi connectivity index (χ4v) is 2.28. The van der Waals surface area contributed by atoms with Crippen LogP contribution in [-0.4, -0.2) is 44.6 Å². The highest BCUT2D eigenvalue weighted by Gasteiger charge is 2.16. The predicted molar refractivity (Wildman–Crippen MR) is 84.2 cm³/mol. The van der Waals surface area contributed by atoms with Crippen LogP contribution in [0.5, 0.6) is 0 Å². The highest BCUT2D eigenvalue weighted by molar-refractivity contribution is 5.55. The summed E-state index contributed by atoms with van der Waals surface area (Å²) >= 11 is 0. The molecule has 1 aromatic rings. The van der Waals surface area contributed by atoms with E-state index < -0.39 is 0 Å². The van der Waals surface area contributed by atoms with Gasteiger partial charge in [0.05, 0.1) is 6.61 Å². The van der Waals surface area contributed by atoms with E-state index >= 15 is 0 Å². The lowest BCUT2D eigenvalue weighted by atomic mass is 10.1. The molecule has 0 unspecified atom stereocenters. The van der Waals surface area contributed by atoms with Crippen LogP contribution in [0.2, 0.25) is 0 Å². The first-order valence-electron chi connectivity index (χ1n) is 7.46. The Hall–Kier alpha value is -1.17. The molecule has 0 aliphatic rings. The predicted octanol–water partition coefficient (Wildman–Crippen LogP) is 2.16. The molecule has 0 bridgehead atoms. The number of nitrogens with one attached hydrogen (secondary N) is 1. The molecule has 0 spiro atoms. The molecule has 0 radical (unpaired) electrons. The Morgan fingerprint density at radius 2 is 2.14 bits per heavy atom. The smallest absolute Gasteiger partial charge is 0.129 e. The van der Waals surface area contributed by atoms with Crippen LogP contribution in [0.25, 0.3) is 0 Å². The Bertz CT molecular complexity index is 413. The second-order valence-corrected chi connectivity index (χ2v) is 5.27. The number of rotatable bonds is 10. The molecule has 0 saturated heterocycles. The molecule has 0 aromatic heterocycles. The van der Waals surface area contributed by atoms with Gasteiger partial charge < -0.3 is 20.1 Å². The molecule has 1 aromatic carbocycles. The van der Waals surface area contributed by atoms with Crippen LogP contribution in [0, 0.1) is 5.82 Å². The maximum atomic E-state index is 14.2. The zero-order valence-corrected chi connectivity index (χ0v) is 13.2. The van der Waals surface area contributed by atoms with E-state index in [1.165, 1.54) is 6.07 Å². The number of anilines is 1. The molecule has 4 nitrogen and oxygen atoms in total. The van der Waals surface area contributed by atoms with Crippen LogP contribution in [0.4, 0.5) is 10.1 Å². The van der Waals surface area contributed by atoms with Crippen molar-refractivity contribution < 1.29 is 14.2 Å². The molecule has 0 aliphatic carbocycles. The maximum Gasteiger partial charge on any atom is 0.129 e. The van der Waals surface area contributed by atoms with Crippen molar-refractivity contribution in [2.24, 2.45) is 0 Å². The minimum absolute atomic E-state index is 0.139. The van der Waals surface area contributed by atoms with E-state index in [2.05, 4.69) is 24.1 Å². The van der Waals surface area contributed by atoms with Crippen LogP contribution < -0.4 is 10.2 Å². The molecule has 0 heterocycles. The molecule has 5 heteroatoms. The van der Waals surface area contributed by atoms with Crippen molar-refractivity contribution in [2.75, 3.05) is 38.3 Å². The standard InChI is InChI=1S/C16H27FN2O2/c1-13(2)19(9-5-10-20)16-7-4-6-15(17)14(16)12-18-8-11-21-3/h4,6-7,13,18,20H,5,8-12H2,1-3H3. The first-order valence-corrected chi connectivity index (χ1v) is 7.46. The zero-order valence-electron chi connectivity index (χ0n) is 13.2. The van der Waals surface area contributed by atoms with Crippen LogP contribution in [0.3, 0.4) is 0 Å². The van der Waals surface area contributed by atoms with Crippen LogP contribution in [-0.2, 0) is 11.3 Å². The zero-order chi connectivity index (χ0) is 15.7. The van der Waals surface area contributed by atoms with E-state index in [4.69, 9.17) is 9.84 Å². The molecular formula is C16H27FN2O2. The monoisotopic (exact) mass is 298 g/mol. The summed E-state index contributed by atoms with van der Waals surface area (Å²) in [5, 5.41) is 12.2. The van der Waals surface area contributed by atoms with Gasteiger partial charge in [-0.1, -0.05) is 6.07 Å². The summed E-state index contributed by atoms with van der Waals surface area (Å²) in [6.07, 6.45) is 0.672. The molecule has 1 rings (SSSR count). The third-order valence-corrected chi connectivity index (χ3v) is 3.37. The second-order valence-electron chi connectivity index (χ2n) is 5.27. The largest absolute Gasteiger partial charge is 0.396 e. The van der Waals surface area contributed by atoms with Gasteiger partial charge in [0.2, 0.25) is 0 Å². The lowest BCUT2D eigenvalue weighted by molar-refractivity contribution is 0.199. The minimum atomic E-state index is -0.202. The van der Waals surface area contributed by atoms with Gasteiger partial charge in [0.25, 0.3) is 0 Å². The number of aliphatic hydroxyl groups excluding tert-OH is 1. The first-order chi connectivity index (χ1) is 10.1. The SMILES string of the molecule is COCCNCc1c(F)cccc1N(CCCO)C(C)C. The Kier molecular flexibility index (Phi) is 8.27. The molecular weight excluding hydrogens is 271 g/mol. The molecule has 120 valence electrons. The van der Waals surface area contributed by atoms with Crippen molar-refractivity contribution in [1.82, 2.24) is 5.32 Å². The summed E-state index contributed by atoms with van der Waals surface area (Å²) in [6.45, 7) is 6.75. The Morgan fingerprint density at radius 1 is 1.38 bits per heavy atom. The molecule has 21 heavy (non-hydrogen) atoms. The Balaban J connectivity index is 2.89. The number of halogens is 1. The van der Waals surface area contributed by atoms with Gasteiger partial charge in [-0.2, -0.15) is 0 Å². The first kappa shape index (κ1) is 17.9. The average Bonchev–Trinajstić information content (AvgIpc) is 2.45. The summed E-state index contributed by atoms with van der Waals surface area (Å²) in [5.41, 5.74) is 1.56. The topological polar surface area (TPSA) is 44.7 Å². The second kappa shape index (κ2) is 9.71. The minimum Gasteiger partial charge on any atom is -0.396 e. The van der Waals surface area contributed by atoms with E-state index in [9.17, 15) is 4.39 Å². The quantitative estimate of drug-likeness (QED) is 0.650. The fourth-order valence-electron chi connectivity index (χ4n) is 2.28. The number of aliphatic hydroxyl groups is 1. The van der Waals surface area contributed by atoms with E-state index in [1.54, 1.807) is 13.2 Å². The van der Waals surface area contributed by atoms with Crippen LogP contribution >= 0.6 is 0 Å². The molecule has 0 saturated carbocycles. The summed E-state index contributed by atoms with van der Waals surface area (Å²) < 4.78 is 19.1. The van der Waals surface area contributed by atoms with Gasteiger partial charge in [-0.3, -0.25) is 0 Å². The van der Waals surface area contributed by atoms with Gasteiger partial charge in [0.15, 0.2) is 0 Å². The fraction of sp³-hybridized carbons (Fsp3) is 0.625. The van der Waals surface area contributed by atoms with Gasteiger partial charge >= 0.3 is 0 Å². The van der Waals surface area contributed by atoms with Crippen molar-refractivity contribution in [3.8, 4) is 0 Å². The van der Waals surface area contributed by atoms with Crippen molar-refractivity contribution in [1.29, 1.82) is 0 Å². The van der Waals surface area contributed by atoms with E-state index in [1.807, 2.05) is 6.07 Å². The highest BCUT2D eigenvalue weighted by Crippen LogP contribution is 2.25. The molecule has 0 fully saturated rings. The van der Waals surface area contributed by atoms with Crippen LogP contribution in [0.1, 0.15) is 25.8 Å². The lowest BCUT2D eigenvalue weighted by Gasteiger charge is -2.31. The van der Waals surface area contributed by atoms with Gasteiger partial charge in [0.1, 0.15) is 5.82 Å². The number of hydrogen-bond acceptors (Lipinski definition) is 4. The summed E-state index contributed by atoms with van der Waals surface area (Å²) in [4.78, 5) is 2.13. The third-order valence-electron chi connectivity index (χ3n) is 3.37. The summed E-state index contributed by atoms with van der Waals surface area (Å²) in [6, 6.07) is 5.41. The Morgan fingerprint density at radius 3 is 2.76 bits per heavy atom. The number of ether oxygens (including phenoxy) is 1. The average molecular weight is 298 g/mol. The Labute approximate surface area is 126 Å². The maximum absolute atomic E-state index is 14.2. The van der Waals surface area contributed by atoms with Gasteiger partial charge in [0, 0.05) is 50.6 Å². The van der Waals surface area contributed by atoms with Crippen molar-refractivity contribution in [3.63, 3.8) is 0 Å². The summed E-state index contributed by atoms with van der Waals surface area (Å²) in [7, 11) is 1.64. The van der Waals surface area contributed by atoms with Crippen molar-refractivity contribution in [2.45, 2.75) is 32.9 Å². The van der Waals surface area contributed by atoms with Gasteiger partial charge in [-0.15, -0.1) is 0 Å². The third kappa shape index (κ3) is 5.61. The normalized spacial score (nSPS) is 11.1. The van der Waals surface area contributed by atoms with E-state index in [-0.39, 0.29) is 18.5 Å². The van der Waals surface area contributed by atoms with Gasteiger partial charge in [-0.05, 0) is 32.4 Å². The van der Waals surface area contributed by atoms with Gasteiger partial charge in [-0.25, -0.2) is 4.39 Å². The molecule has 0 amide bonds. The molecule has 0 atom stereocenters.